The van der Waals surface area contributed by atoms with Gasteiger partial charge < -0.3 is 10.0 Å². The summed E-state index contributed by atoms with van der Waals surface area (Å²) in [5.41, 5.74) is 6.93. The first-order chi connectivity index (χ1) is 14.5. The van der Waals surface area contributed by atoms with Gasteiger partial charge >= 0.3 is 0 Å². The number of fused-ring (bicyclic) bond motifs is 2. The van der Waals surface area contributed by atoms with Gasteiger partial charge in [-0.3, -0.25) is 14.8 Å². The molecule has 4 aromatic rings. The van der Waals surface area contributed by atoms with Crippen molar-refractivity contribution in [1.82, 2.24) is 14.9 Å². The molecule has 5 heteroatoms. The third-order valence-electron chi connectivity index (χ3n) is 5.71. The molecule has 148 valence electrons. The van der Waals surface area contributed by atoms with E-state index in [1.165, 1.54) is 11.1 Å². The number of phenolic OH excluding ortho intramolecular Hbond substituents is 1. The Kier molecular flexibility index (Phi) is 4.24. The van der Waals surface area contributed by atoms with Crippen molar-refractivity contribution in [3.8, 4) is 16.9 Å². The summed E-state index contributed by atoms with van der Waals surface area (Å²) < 4.78 is 0. The van der Waals surface area contributed by atoms with Gasteiger partial charge in [0, 0.05) is 43.1 Å². The molecule has 1 N–H and O–H groups in total. The van der Waals surface area contributed by atoms with E-state index in [2.05, 4.69) is 47.2 Å². The SMILES string of the molecule is Cc1ccc(Cc2cnc3c(O)c4c(c(-c5cccnc5)c3c2)CN(C)C4=O)cc1. The largest absolute Gasteiger partial charge is 0.505 e. The van der Waals surface area contributed by atoms with E-state index in [1.54, 1.807) is 30.5 Å². The third kappa shape index (κ3) is 2.90. The van der Waals surface area contributed by atoms with E-state index < -0.39 is 0 Å². The Labute approximate surface area is 174 Å². The zero-order chi connectivity index (χ0) is 20.8. The summed E-state index contributed by atoms with van der Waals surface area (Å²) in [5, 5.41) is 11.8. The van der Waals surface area contributed by atoms with Crippen LogP contribution in [0, 0.1) is 6.92 Å². The molecule has 0 unspecified atom stereocenters. The number of carbonyl (C=O) groups is 1. The van der Waals surface area contributed by atoms with Crippen LogP contribution >= 0.6 is 0 Å². The second kappa shape index (κ2) is 6.95. The van der Waals surface area contributed by atoms with Crippen molar-refractivity contribution < 1.29 is 9.90 Å². The molecular formula is C25H21N3O2. The van der Waals surface area contributed by atoms with Gasteiger partial charge in [-0.25, -0.2) is 0 Å². The number of aromatic nitrogens is 2. The molecule has 0 bridgehead atoms. The minimum Gasteiger partial charge on any atom is -0.505 e. The van der Waals surface area contributed by atoms with Gasteiger partial charge in [0.25, 0.3) is 5.91 Å². The van der Waals surface area contributed by atoms with Crippen LogP contribution in [0.2, 0.25) is 0 Å². The molecule has 2 aromatic heterocycles. The number of benzene rings is 2. The summed E-state index contributed by atoms with van der Waals surface area (Å²) in [4.78, 5) is 23.2. The van der Waals surface area contributed by atoms with Crippen LogP contribution in [-0.2, 0) is 13.0 Å². The van der Waals surface area contributed by atoms with Crippen LogP contribution in [0.25, 0.3) is 22.0 Å². The molecule has 0 fully saturated rings. The molecule has 2 aromatic carbocycles. The highest BCUT2D eigenvalue weighted by Gasteiger charge is 2.33. The number of hydrogen-bond donors (Lipinski definition) is 1. The number of aryl methyl sites for hydroxylation is 1. The molecular weight excluding hydrogens is 374 g/mol. The Morgan fingerprint density at radius 3 is 2.60 bits per heavy atom. The highest BCUT2D eigenvalue weighted by Crippen LogP contribution is 2.43. The van der Waals surface area contributed by atoms with Gasteiger partial charge in [-0.05, 0) is 47.7 Å². The number of aromatic hydroxyl groups is 1. The van der Waals surface area contributed by atoms with Gasteiger partial charge in [0.05, 0.1) is 5.56 Å². The zero-order valence-electron chi connectivity index (χ0n) is 16.9. The van der Waals surface area contributed by atoms with Crippen LogP contribution in [0.5, 0.6) is 5.75 Å². The predicted octanol–water partition coefficient (Wildman–Crippen LogP) is 4.49. The molecule has 0 atom stereocenters. The van der Waals surface area contributed by atoms with Crippen molar-refractivity contribution in [1.29, 1.82) is 0 Å². The Bertz CT molecular complexity index is 1280. The molecule has 3 heterocycles. The molecule has 0 spiro atoms. The monoisotopic (exact) mass is 395 g/mol. The average Bonchev–Trinajstić information content (AvgIpc) is 3.05. The zero-order valence-corrected chi connectivity index (χ0v) is 16.9. The van der Waals surface area contributed by atoms with Gasteiger partial charge in [0.15, 0.2) is 5.75 Å². The van der Waals surface area contributed by atoms with E-state index in [0.717, 1.165) is 34.1 Å². The maximum atomic E-state index is 12.7. The average molecular weight is 395 g/mol. The molecule has 1 aliphatic heterocycles. The van der Waals surface area contributed by atoms with E-state index in [4.69, 9.17) is 0 Å². The lowest BCUT2D eigenvalue weighted by molar-refractivity contribution is 0.0814. The standard InChI is InChI=1S/C25H21N3O2/c1-15-5-7-16(8-6-15)10-17-11-19-21(18-4-3-9-26-13-18)20-14-28(2)25(30)22(20)24(29)23(19)27-12-17/h3-9,11-13,29H,10,14H2,1-2H3. The lowest BCUT2D eigenvalue weighted by Gasteiger charge is -2.14. The van der Waals surface area contributed by atoms with E-state index in [0.29, 0.717) is 17.6 Å². The summed E-state index contributed by atoms with van der Waals surface area (Å²) >= 11 is 0. The summed E-state index contributed by atoms with van der Waals surface area (Å²) in [7, 11) is 1.75. The fourth-order valence-corrected chi connectivity index (χ4v) is 4.20. The molecule has 1 aliphatic rings. The topological polar surface area (TPSA) is 66.3 Å². The normalized spacial score (nSPS) is 13.1. The van der Waals surface area contributed by atoms with Crippen molar-refractivity contribution in [3.63, 3.8) is 0 Å². The molecule has 0 aliphatic carbocycles. The second-order valence-corrected chi connectivity index (χ2v) is 7.88. The van der Waals surface area contributed by atoms with Crippen LogP contribution < -0.4 is 0 Å². The number of hydrogen-bond acceptors (Lipinski definition) is 4. The van der Waals surface area contributed by atoms with E-state index in [-0.39, 0.29) is 11.7 Å². The summed E-state index contributed by atoms with van der Waals surface area (Å²) in [6.07, 6.45) is 6.04. The highest BCUT2D eigenvalue weighted by atomic mass is 16.3. The number of pyridine rings is 2. The number of carbonyl (C=O) groups excluding carboxylic acids is 1. The first-order valence-electron chi connectivity index (χ1n) is 9.91. The maximum Gasteiger partial charge on any atom is 0.258 e. The van der Waals surface area contributed by atoms with Crippen LogP contribution in [0.4, 0.5) is 0 Å². The number of rotatable bonds is 3. The summed E-state index contributed by atoms with van der Waals surface area (Å²) in [5.74, 6) is -0.219. The smallest absolute Gasteiger partial charge is 0.258 e. The van der Waals surface area contributed by atoms with Crippen LogP contribution in [0.15, 0.2) is 61.1 Å². The van der Waals surface area contributed by atoms with Crippen molar-refractivity contribution in [3.05, 3.63) is 88.9 Å². The number of amides is 1. The van der Waals surface area contributed by atoms with Crippen LogP contribution in [0.3, 0.4) is 0 Å². The van der Waals surface area contributed by atoms with Crippen LogP contribution in [-0.4, -0.2) is 32.9 Å². The Morgan fingerprint density at radius 1 is 1.07 bits per heavy atom. The predicted molar refractivity (Wildman–Crippen MR) is 116 cm³/mol. The molecule has 5 rings (SSSR count). The Hall–Kier alpha value is -3.73. The van der Waals surface area contributed by atoms with Gasteiger partial charge in [-0.1, -0.05) is 35.9 Å². The van der Waals surface area contributed by atoms with Crippen molar-refractivity contribution in [2.45, 2.75) is 19.9 Å². The van der Waals surface area contributed by atoms with Crippen molar-refractivity contribution >= 4 is 16.8 Å². The highest BCUT2D eigenvalue weighted by molar-refractivity contribution is 6.12. The van der Waals surface area contributed by atoms with Gasteiger partial charge in [-0.2, -0.15) is 0 Å². The van der Waals surface area contributed by atoms with Crippen molar-refractivity contribution in [2.24, 2.45) is 0 Å². The quantitative estimate of drug-likeness (QED) is 0.555. The minimum atomic E-state index is -0.180. The first-order valence-corrected chi connectivity index (χ1v) is 9.91. The molecule has 0 saturated heterocycles. The fraction of sp³-hybridized carbons (Fsp3) is 0.160. The minimum absolute atomic E-state index is 0.0381. The lowest BCUT2D eigenvalue weighted by Crippen LogP contribution is -2.17. The van der Waals surface area contributed by atoms with E-state index >= 15 is 0 Å². The maximum absolute atomic E-state index is 12.7. The molecule has 5 nitrogen and oxygen atoms in total. The summed E-state index contributed by atoms with van der Waals surface area (Å²) in [6, 6.07) is 14.4. The first kappa shape index (κ1) is 18.3. The lowest BCUT2D eigenvalue weighted by atomic mass is 9.91. The van der Waals surface area contributed by atoms with Crippen LogP contribution in [0.1, 0.15) is 32.6 Å². The fourth-order valence-electron chi connectivity index (χ4n) is 4.20. The van der Waals surface area contributed by atoms with Gasteiger partial charge in [0.2, 0.25) is 0 Å². The molecule has 0 saturated carbocycles. The number of nitrogens with zero attached hydrogens (tertiary/aromatic N) is 3. The Morgan fingerprint density at radius 2 is 1.87 bits per heavy atom. The molecule has 0 radical (unpaired) electrons. The van der Waals surface area contributed by atoms with Gasteiger partial charge in [0.1, 0.15) is 5.52 Å². The van der Waals surface area contributed by atoms with Crippen molar-refractivity contribution in [2.75, 3.05) is 7.05 Å². The summed E-state index contributed by atoms with van der Waals surface area (Å²) in [6.45, 7) is 2.52. The van der Waals surface area contributed by atoms with E-state index in [1.807, 2.05) is 12.1 Å². The van der Waals surface area contributed by atoms with Gasteiger partial charge in [-0.15, -0.1) is 0 Å². The second-order valence-electron chi connectivity index (χ2n) is 7.88. The molecule has 1 amide bonds. The third-order valence-corrected chi connectivity index (χ3v) is 5.71. The van der Waals surface area contributed by atoms with E-state index in [9.17, 15) is 9.90 Å². The number of phenols is 1. The molecule has 30 heavy (non-hydrogen) atoms. The Balaban J connectivity index is 1.75.